The van der Waals surface area contributed by atoms with Gasteiger partial charge in [-0.2, -0.15) is 54.0 Å². The van der Waals surface area contributed by atoms with Gasteiger partial charge >= 0.3 is 8.97 Å². The lowest BCUT2D eigenvalue weighted by atomic mass is 10.3. The fraction of sp³-hybridized carbons (Fsp3) is 0.625. The maximum Gasteiger partial charge on any atom is 0.634 e. The largest absolute Gasteiger partial charge is 0.634 e. The number of nitrogens with zero attached hydrogens (tertiary/aromatic N) is 1. The first kappa shape index (κ1) is 31.6. The van der Waals surface area contributed by atoms with Crippen LogP contribution in [0.3, 0.4) is 0 Å². The lowest BCUT2D eigenvalue weighted by molar-refractivity contribution is 0.0682. The zero-order valence-corrected chi connectivity index (χ0v) is 21.8. The molecule has 0 aromatic heterocycles. The molecule has 0 saturated heterocycles. The van der Waals surface area contributed by atoms with Gasteiger partial charge < -0.3 is 17.8 Å². The average Bonchev–Trinajstić information content (AvgIpc) is 2.87. The van der Waals surface area contributed by atoms with Crippen molar-refractivity contribution >= 4 is 80.4 Å². The molecule has 10 heteroatoms. The average molecular weight is 478 g/mol. The Morgan fingerprint density at radius 1 is 0.885 bits per heavy atom. The highest BCUT2D eigenvalue weighted by molar-refractivity contribution is 8.00. The second kappa shape index (κ2) is 15.8. The molecule has 156 valence electrons. The van der Waals surface area contributed by atoms with Crippen molar-refractivity contribution in [2.24, 2.45) is 0 Å². The highest BCUT2D eigenvalue weighted by Crippen LogP contribution is 2.47. The van der Waals surface area contributed by atoms with Crippen LogP contribution in [0.25, 0.3) is 0 Å². The Labute approximate surface area is 192 Å². The summed E-state index contributed by atoms with van der Waals surface area (Å²) in [6.07, 6.45) is 2.21. The molecule has 1 heterocycles. The second-order valence-electron chi connectivity index (χ2n) is 5.02. The van der Waals surface area contributed by atoms with Crippen LogP contribution < -0.4 is 4.57 Å². The van der Waals surface area contributed by atoms with Gasteiger partial charge in [-0.05, 0) is 39.3 Å². The van der Waals surface area contributed by atoms with E-state index in [2.05, 4.69) is 35.8 Å². The fourth-order valence-corrected chi connectivity index (χ4v) is 7.42. The van der Waals surface area contributed by atoms with Gasteiger partial charge in [-0.25, -0.2) is 0 Å². The number of hydrogen-bond acceptors (Lipinski definition) is 5. The minimum absolute atomic E-state index is 0. The van der Waals surface area contributed by atoms with Crippen LogP contribution in [0.2, 0.25) is 0 Å². The minimum Gasteiger partial charge on any atom is -0.357 e. The Balaban J connectivity index is -0.00000132. The molecular weight excluding hydrogens is 443 g/mol. The Morgan fingerprint density at radius 3 is 1.85 bits per heavy atom. The Morgan fingerprint density at radius 2 is 1.38 bits per heavy atom. The van der Waals surface area contributed by atoms with E-state index in [0.717, 1.165) is 12.8 Å². The van der Waals surface area contributed by atoms with Gasteiger partial charge in [0.1, 0.15) is 0 Å². The molecule has 0 spiro atoms. The third-order valence-electron chi connectivity index (χ3n) is 3.49. The number of para-hydroxylation sites is 1. The van der Waals surface area contributed by atoms with Gasteiger partial charge in [0, 0.05) is 30.4 Å². The van der Waals surface area contributed by atoms with Gasteiger partial charge in [0.2, 0.25) is 0 Å². The summed E-state index contributed by atoms with van der Waals surface area (Å²) in [5.41, 5.74) is 1.19. The molecule has 26 heavy (non-hydrogen) atoms. The summed E-state index contributed by atoms with van der Waals surface area (Å²) in [6.45, 7) is 10.0. The number of hydrogen-bond donors (Lipinski definition) is 0. The van der Waals surface area contributed by atoms with E-state index < -0.39 is 8.97 Å². The summed E-state index contributed by atoms with van der Waals surface area (Å²) >= 11 is 1.89. The number of anilines is 1. The highest BCUT2D eigenvalue weighted by Gasteiger charge is 2.55. The van der Waals surface area contributed by atoms with Crippen molar-refractivity contribution in [3.8, 4) is 0 Å². The molecule has 0 fully saturated rings. The van der Waals surface area contributed by atoms with Gasteiger partial charge in [0.05, 0.1) is 5.37 Å². The minimum atomic E-state index is -2.90. The van der Waals surface area contributed by atoms with E-state index >= 15 is 0 Å². The quantitative estimate of drug-likeness (QED) is 0.480. The molecule has 0 saturated carbocycles. The van der Waals surface area contributed by atoms with Crippen LogP contribution in [-0.4, -0.2) is 34.2 Å². The lowest BCUT2D eigenvalue weighted by Gasteiger charge is -2.39. The molecule has 1 aromatic rings. The van der Waals surface area contributed by atoms with E-state index in [1.165, 1.54) is 10.6 Å². The van der Waals surface area contributed by atoms with Crippen LogP contribution in [0.5, 0.6) is 0 Å². The van der Waals surface area contributed by atoms with E-state index in [9.17, 15) is 0 Å². The van der Waals surface area contributed by atoms with Gasteiger partial charge in [-0.1, -0.05) is 37.2 Å². The topological polar surface area (TPSA) is 30.9 Å². The van der Waals surface area contributed by atoms with E-state index in [-0.39, 0.29) is 54.0 Å². The maximum absolute atomic E-state index is 6.13. The standard InChI is InChI=1S/C16H27NO3SSi.4H2S/c1-5-11-16-17(14-12-9-10-13-15(14)21-16)22(18-6-2,19-7-3)20-8-4;;;;/h9-10,12-13,16H,5-8,11H2,1-4H3;4*1H2. The SMILES string of the molecule is CCCC1Sc2ccccc2N1[Si](OCC)(OCC)OCC.S.S.S.S. The molecule has 0 amide bonds. The molecule has 1 unspecified atom stereocenters. The molecule has 1 aliphatic heterocycles. The van der Waals surface area contributed by atoms with Crippen LogP contribution in [0.4, 0.5) is 5.69 Å². The molecule has 1 aliphatic rings. The van der Waals surface area contributed by atoms with Crippen molar-refractivity contribution in [1.29, 1.82) is 0 Å². The van der Waals surface area contributed by atoms with Crippen molar-refractivity contribution in [3.05, 3.63) is 24.3 Å². The van der Waals surface area contributed by atoms with Gasteiger partial charge in [0.15, 0.2) is 0 Å². The molecule has 1 aromatic carbocycles. The molecule has 2 rings (SSSR count). The third-order valence-corrected chi connectivity index (χ3v) is 8.09. The summed E-state index contributed by atoms with van der Waals surface area (Å²) < 4.78 is 20.7. The van der Waals surface area contributed by atoms with Crippen molar-refractivity contribution in [2.75, 3.05) is 24.4 Å². The Bertz CT molecular complexity index is 470. The molecule has 4 nitrogen and oxygen atoms in total. The van der Waals surface area contributed by atoms with E-state index in [4.69, 9.17) is 13.3 Å². The first-order valence-electron chi connectivity index (χ1n) is 8.19. The van der Waals surface area contributed by atoms with Crippen LogP contribution in [0.1, 0.15) is 40.5 Å². The van der Waals surface area contributed by atoms with Gasteiger partial charge in [0.25, 0.3) is 0 Å². The molecule has 0 radical (unpaired) electrons. The van der Waals surface area contributed by atoms with Crippen LogP contribution in [0.15, 0.2) is 29.2 Å². The fourth-order valence-electron chi connectivity index (χ4n) is 2.75. The first-order valence-corrected chi connectivity index (χ1v) is 10.7. The summed E-state index contributed by atoms with van der Waals surface area (Å²) in [7, 11) is -2.90. The first-order chi connectivity index (χ1) is 10.7. The van der Waals surface area contributed by atoms with E-state index in [1.807, 2.05) is 32.5 Å². The van der Waals surface area contributed by atoms with E-state index in [0.29, 0.717) is 25.2 Å². The zero-order chi connectivity index (χ0) is 16.0. The van der Waals surface area contributed by atoms with E-state index in [1.54, 1.807) is 0 Å². The smallest absolute Gasteiger partial charge is 0.357 e. The lowest BCUT2D eigenvalue weighted by Crippen LogP contribution is -2.63. The molecule has 0 aliphatic carbocycles. The van der Waals surface area contributed by atoms with Gasteiger partial charge in [-0.3, -0.25) is 0 Å². The number of fused-ring (bicyclic) bond motifs is 1. The predicted octanol–water partition coefficient (Wildman–Crippen LogP) is 4.72. The van der Waals surface area contributed by atoms with Crippen LogP contribution in [-0.2, 0) is 13.3 Å². The van der Waals surface area contributed by atoms with Gasteiger partial charge in [-0.15, -0.1) is 0 Å². The van der Waals surface area contributed by atoms with Crippen LogP contribution in [0, 0.1) is 0 Å². The monoisotopic (exact) mass is 477 g/mol. The Hall–Kier alpha value is 0.867. The maximum atomic E-state index is 6.13. The zero-order valence-electron chi connectivity index (χ0n) is 16.0. The van der Waals surface area contributed by atoms with Crippen LogP contribution >= 0.6 is 65.7 Å². The molecule has 0 N–H and O–H groups in total. The third kappa shape index (κ3) is 7.04. The van der Waals surface area contributed by atoms with Crippen molar-refractivity contribution < 1.29 is 13.3 Å². The number of benzene rings is 1. The summed E-state index contributed by atoms with van der Waals surface area (Å²) in [4.78, 5) is 1.29. The number of thioether (sulfide) groups is 1. The summed E-state index contributed by atoms with van der Waals surface area (Å²) in [5, 5.41) is 0.318. The second-order valence-corrected chi connectivity index (χ2v) is 8.64. The summed E-state index contributed by atoms with van der Waals surface area (Å²) in [6, 6.07) is 8.48. The normalized spacial score (nSPS) is 15.1. The Kier molecular flexibility index (Phi) is 19.1. The molecule has 0 bridgehead atoms. The predicted molar refractivity (Wildman–Crippen MR) is 136 cm³/mol. The van der Waals surface area contributed by atoms with Crippen molar-refractivity contribution in [2.45, 2.75) is 50.8 Å². The van der Waals surface area contributed by atoms with Crippen molar-refractivity contribution in [1.82, 2.24) is 0 Å². The van der Waals surface area contributed by atoms with Crippen molar-refractivity contribution in [3.63, 3.8) is 0 Å². The number of rotatable bonds is 9. The highest BCUT2D eigenvalue weighted by atomic mass is 32.2. The molecule has 1 atom stereocenters. The molecular formula is C16H35NO3S5Si. The summed E-state index contributed by atoms with van der Waals surface area (Å²) in [5.74, 6) is 0.